The number of carbonyl (C=O) groups is 1. The number of carbonyl (C=O) groups excluding carboxylic acids is 1. The van der Waals surface area contributed by atoms with Crippen LogP contribution in [0.3, 0.4) is 0 Å². The van der Waals surface area contributed by atoms with Gasteiger partial charge in [0.25, 0.3) is 0 Å². The van der Waals surface area contributed by atoms with Crippen LogP contribution in [0.2, 0.25) is 0 Å². The summed E-state index contributed by atoms with van der Waals surface area (Å²) in [5.41, 5.74) is 9.69. The smallest absolute Gasteiger partial charge is 0.417 e. The number of fused-ring (bicyclic) bond motifs is 1. The van der Waals surface area contributed by atoms with Crippen molar-refractivity contribution in [3.63, 3.8) is 0 Å². The summed E-state index contributed by atoms with van der Waals surface area (Å²) in [6, 6.07) is 10.5. The quantitative estimate of drug-likeness (QED) is 0.116. The van der Waals surface area contributed by atoms with Gasteiger partial charge in [-0.3, -0.25) is 4.79 Å². The summed E-state index contributed by atoms with van der Waals surface area (Å²) in [7, 11) is 0. The predicted molar refractivity (Wildman–Crippen MR) is 174 cm³/mol. The van der Waals surface area contributed by atoms with Crippen molar-refractivity contribution in [1.82, 2.24) is 0 Å². The summed E-state index contributed by atoms with van der Waals surface area (Å²) in [5.74, 6) is -0.449. The molecule has 0 spiro atoms. The van der Waals surface area contributed by atoms with Crippen LogP contribution in [0, 0.1) is 11.3 Å². The molecule has 2 aromatic carbocycles. The van der Waals surface area contributed by atoms with Crippen molar-refractivity contribution in [2.75, 3.05) is 26.4 Å². The Morgan fingerprint density at radius 2 is 1.66 bits per heavy atom. The van der Waals surface area contributed by atoms with E-state index in [0.29, 0.717) is 41.5 Å². The Labute approximate surface area is 274 Å². The first-order valence-corrected chi connectivity index (χ1v) is 15.8. The first-order chi connectivity index (χ1) is 21.8. The zero-order chi connectivity index (χ0) is 35.2. The van der Waals surface area contributed by atoms with Gasteiger partial charge >= 0.3 is 12.1 Å². The maximum atomic E-state index is 13.9. The first-order valence-electron chi connectivity index (χ1n) is 15.8. The zero-order valence-electron chi connectivity index (χ0n) is 27.8. The van der Waals surface area contributed by atoms with Gasteiger partial charge in [-0.2, -0.15) is 13.2 Å². The molecule has 1 heterocycles. The Balaban J connectivity index is 1.61. The van der Waals surface area contributed by atoms with E-state index in [0.717, 1.165) is 6.07 Å². The van der Waals surface area contributed by atoms with E-state index in [1.165, 1.54) is 12.1 Å². The van der Waals surface area contributed by atoms with Crippen molar-refractivity contribution in [2.24, 2.45) is 22.8 Å². The molecule has 0 amide bonds. The highest BCUT2D eigenvalue weighted by Crippen LogP contribution is 2.41. The number of rotatable bonds is 17. The minimum atomic E-state index is -4.60. The lowest BCUT2D eigenvalue weighted by Gasteiger charge is -2.43. The third kappa shape index (κ3) is 10.4. The molecule has 0 bridgehead atoms. The van der Waals surface area contributed by atoms with Gasteiger partial charge in [0, 0.05) is 47.2 Å². The fourth-order valence-electron chi connectivity index (χ4n) is 5.47. The molecule has 262 valence electrons. The van der Waals surface area contributed by atoms with Crippen LogP contribution >= 0.6 is 0 Å². The van der Waals surface area contributed by atoms with Crippen LogP contribution in [0.5, 0.6) is 5.75 Å². The lowest BCUT2D eigenvalue weighted by Crippen LogP contribution is -2.58. The number of esters is 1. The predicted octanol–water partition coefficient (Wildman–Crippen LogP) is 5.59. The molecule has 3 atom stereocenters. The number of hydrogen-bond acceptors (Lipinski definition) is 9. The van der Waals surface area contributed by atoms with E-state index < -0.39 is 40.3 Å². The maximum absolute atomic E-state index is 13.9. The second-order valence-electron chi connectivity index (χ2n) is 13.9. The van der Waals surface area contributed by atoms with Crippen LogP contribution in [-0.2, 0) is 22.1 Å². The third-order valence-electron chi connectivity index (χ3n) is 8.51. The molecule has 1 aromatic heterocycles. The fraction of sp³-hybridized carbons (Fsp3) is 0.571. The minimum Gasteiger partial charge on any atom is -0.493 e. The molecular weight excluding hydrogens is 617 g/mol. The molecule has 0 aliphatic rings. The van der Waals surface area contributed by atoms with Crippen molar-refractivity contribution < 1.29 is 47.2 Å². The highest BCUT2D eigenvalue weighted by Gasteiger charge is 2.48. The molecule has 47 heavy (non-hydrogen) atoms. The van der Waals surface area contributed by atoms with Crippen LogP contribution in [0.15, 0.2) is 46.9 Å². The highest BCUT2D eigenvalue weighted by atomic mass is 19.4. The van der Waals surface area contributed by atoms with E-state index in [1.54, 1.807) is 58.9 Å². The molecule has 3 rings (SSSR count). The number of nitrogens with two attached hydrogens (primary N) is 2. The molecule has 0 saturated heterocycles. The number of alkyl halides is 3. The van der Waals surface area contributed by atoms with Crippen LogP contribution in [0.4, 0.5) is 13.2 Å². The largest absolute Gasteiger partial charge is 0.493 e. The number of hydrogen-bond donors (Lipinski definition) is 5. The van der Waals surface area contributed by atoms with E-state index in [2.05, 4.69) is 0 Å². The molecule has 0 fully saturated rings. The molecule has 9 nitrogen and oxygen atoms in total. The van der Waals surface area contributed by atoms with Crippen molar-refractivity contribution in [1.29, 1.82) is 0 Å². The SMILES string of the molecule is CC(C)(N)CC(C)(C(=O)OCC(O)CCC(CO)COc1ccc2cc(-c3ccc(CCCO)cc3C(F)(F)F)oc2c1)C(C)(C)N. The summed E-state index contributed by atoms with van der Waals surface area (Å²) in [6.45, 7) is 8.29. The Morgan fingerprint density at radius 1 is 0.957 bits per heavy atom. The van der Waals surface area contributed by atoms with Crippen LogP contribution < -0.4 is 16.2 Å². The van der Waals surface area contributed by atoms with Gasteiger partial charge in [0.1, 0.15) is 23.7 Å². The molecule has 0 saturated carbocycles. The molecular formula is C35H49F3N2O7. The molecule has 0 radical (unpaired) electrons. The lowest BCUT2D eigenvalue weighted by atomic mass is 9.67. The van der Waals surface area contributed by atoms with Crippen molar-refractivity contribution in [2.45, 2.75) is 90.1 Å². The second kappa shape index (κ2) is 15.4. The van der Waals surface area contributed by atoms with Crippen LogP contribution in [0.1, 0.15) is 71.4 Å². The fourth-order valence-corrected chi connectivity index (χ4v) is 5.47. The summed E-state index contributed by atoms with van der Waals surface area (Å²) < 4.78 is 58.9. The Morgan fingerprint density at radius 3 is 2.26 bits per heavy atom. The standard InChI is InChI=1S/C35H49F3N2O7/c1-32(2,39)21-34(5,33(3,4)40)31(44)46-20-25(43)11-8-23(18-42)19-45-26-12-10-24-16-30(47-29(24)17-26)27-13-9-22(7-6-14-41)15-28(27)35(36,37)38/h9-10,12-13,15-17,23,25,41-43H,6-8,11,14,18-21,39-40H2,1-5H3. The summed E-state index contributed by atoms with van der Waals surface area (Å²) >= 11 is 0. The van der Waals surface area contributed by atoms with E-state index in [4.69, 9.17) is 30.5 Å². The van der Waals surface area contributed by atoms with Gasteiger partial charge in [0.05, 0.1) is 23.7 Å². The number of aliphatic hydroxyl groups excluding tert-OH is 3. The number of aliphatic hydroxyl groups is 3. The van der Waals surface area contributed by atoms with Gasteiger partial charge in [-0.05, 0) is 96.6 Å². The number of halogens is 3. The third-order valence-corrected chi connectivity index (χ3v) is 8.51. The number of aryl methyl sites for hydroxylation is 1. The van der Waals surface area contributed by atoms with Crippen LogP contribution in [0.25, 0.3) is 22.3 Å². The summed E-state index contributed by atoms with van der Waals surface area (Å²) in [4.78, 5) is 13.0. The average Bonchev–Trinajstić information content (AvgIpc) is 3.40. The topological polar surface area (TPSA) is 161 Å². The normalized spacial score (nSPS) is 15.3. The van der Waals surface area contributed by atoms with Gasteiger partial charge in [-0.1, -0.05) is 12.1 Å². The number of ether oxygens (including phenoxy) is 2. The lowest BCUT2D eigenvalue weighted by molar-refractivity contribution is -0.163. The summed E-state index contributed by atoms with van der Waals surface area (Å²) in [5, 5.41) is 30.0. The molecule has 3 aromatic rings. The van der Waals surface area contributed by atoms with Gasteiger partial charge in [-0.25, -0.2) is 0 Å². The van der Waals surface area contributed by atoms with Crippen molar-refractivity contribution >= 4 is 16.9 Å². The van der Waals surface area contributed by atoms with Gasteiger partial charge < -0.3 is 40.7 Å². The first kappa shape index (κ1) is 38.3. The van der Waals surface area contributed by atoms with Crippen LogP contribution in [-0.4, -0.2) is 64.9 Å². The monoisotopic (exact) mass is 666 g/mol. The Kier molecular flexibility index (Phi) is 12.5. The zero-order valence-corrected chi connectivity index (χ0v) is 27.8. The highest BCUT2D eigenvalue weighted by molar-refractivity contribution is 5.84. The second-order valence-corrected chi connectivity index (χ2v) is 13.9. The van der Waals surface area contributed by atoms with Crippen molar-refractivity contribution in [3.05, 3.63) is 53.6 Å². The average molecular weight is 667 g/mol. The maximum Gasteiger partial charge on any atom is 0.417 e. The minimum absolute atomic E-state index is 0.0585. The van der Waals surface area contributed by atoms with Gasteiger partial charge in [0.2, 0.25) is 0 Å². The Bertz CT molecular complexity index is 1480. The van der Waals surface area contributed by atoms with Crippen molar-refractivity contribution in [3.8, 4) is 17.1 Å². The van der Waals surface area contributed by atoms with E-state index >= 15 is 0 Å². The molecule has 7 N–H and O–H groups in total. The summed E-state index contributed by atoms with van der Waals surface area (Å²) in [6.07, 6.45) is -4.02. The number of furan rings is 1. The molecule has 0 aliphatic carbocycles. The number of benzene rings is 2. The van der Waals surface area contributed by atoms with E-state index in [1.807, 2.05) is 0 Å². The molecule has 3 unspecified atom stereocenters. The Hall–Kier alpha value is -3.16. The van der Waals surface area contributed by atoms with Gasteiger partial charge in [0.15, 0.2) is 0 Å². The molecule has 12 heteroatoms. The molecule has 0 aliphatic heterocycles. The van der Waals surface area contributed by atoms with E-state index in [-0.39, 0.29) is 56.5 Å². The van der Waals surface area contributed by atoms with E-state index in [9.17, 15) is 28.2 Å². The van der Waals surface area contributed by atoms with Gasteiger partial charge in [-0.15, -0.1) is 0 Å².